The summed E-state index contributed by atoms with van der Waals surface area (Å²) in [5.74, 6) is 0.410. The molecule has 0 amide bonds. The quantitative estimate of drug-likeness (QED) is 0.242. The van der Waals surface area contributed by atoms with Gasteiger partial charge in [0, 0.05) is 54.5 Å². The molecule has 208 valence electrons. The van der Waals surface area contributed by atoms with Gasteiger partial charge in [0.15, 0.2) is 0 Å². The number of hydrogen-bond donors (Lipinski definition) is 1. The maximum absolute atomic E-state index is 11.6. The molecule has 1 spiro atoms. The van der Waals surface area contributed by atoms with Crippen molar-refractivity contribution in [2.24, 2.45) is 12.5 Å². The van der Waals surface area contributed by atoms with Crippen LogP contribution in [0.3, 0.4) is 0 Å². The van der Waals surface area contributed by atoms with Gasteiger partial charge in [0.1, 0.15) is 11.5 Å². The average molecular weight is 581 g/mol. The smallest absolute Gasteiger partial charge is 0.337 e. The molecule has 3 fully saturated rings. The molecule has 7 rings (SSSR count). The molecule has 2 aliphatic carbocycles. The zero-order valence-corrected chi connectivity index (χ0v) is 23.8. The summed E-state index contributed by atoms with van der Waals surface area (Å²) in [5.41, 5.74) is 5.04. The molecule has 3 heterocycles. The first kappa shape index (κ1) is 25.9. The van der Waals surface area contributed by atoms with Crippen LogP contribution in [0.5, 0.6) is 0 Å². The number of halogens is 2. The van der Waals surface area contributed by atoms with Gasteiger partial charge >= 0.3 is 5.97 Å². The lowest BCUT2D eigenvalue weighted by Crippen LogP contribution is -2.53. The van der Waals surface area contributed by atoms with Gasteiger partial charge in [-0.15, -0.1) is 0 Å². The molecule has 9 heteroatoms. The fourth-order valence-corrected chi connectivity index (χ4v) is 7.35. The van der Waals surface area contributed by atoms with E-state index in [4.69, 9.17) is 32.5 Å². The van der Waals surface area contributed by atoms with E-state index < -0.39 is 5.97 Å². The van der Waals surface area contributed by atoms with Crippen LogP contribution in [0.25, 0.3) is 22.2 Å². The molecule has 1 aliphatic heterocycles. The van der Waals surface area contributed by atoms with Crippen LogP contribution in [0.15, 0.2) is 47.1 Å². The fourth-order valence-electron chi connectivity index (χ4n) is 6.77. The monoisotopic (exact) mass is 579 g/mol. The van der Waals surface area contributed by atoms with Crippen molar-refractivity contribution in [3.63, 3.8) is 0 Å². The molecule has 3 aliphatic rings. The highest BCUT2D eigenvalue weighted by atomic mass is 35.5. The predicted molar refractivity (Wildman–Crippen MR) is 156 cm³/mol. The van der Waals surface area contributed by atoms with Gasteiger partial charge in [0.25, 0.3) is 0 Å². The van der Waals surface area contributed by atoms with E-state index in [0.29, 0.717) is 39.4 Å². The Bertz CT molecular complexity index is 1600. The molecule has 1 saturated heterocycles. The highest BCUT2D eigenvalue weighted by Crippen LogP contribution is 2.51. The van der Waals surface area contributed by atoms with Gasteiger partial charge in [-0.05, 0) is 74.3 Å². The maximum atomic E-state index is 11.6. The maximum Gasteiger partial charge on any atom is 0.337 e. The molecule has 1 N–H and O–H groups in total. The van der Waals surface area contributed by atoms with Gasteiger partial charge in [-0.3, -0.25) is 0 Å². The van der Waals surface area contributed by atoms with Crippen LogP contribution in [0, 0.1) is 5.41 Å². The summed E-state index contributed by atoms with van der Waals surface area (Å²) in [6, 6.07) is 11.6. The number of rotatable bonds is 7. The number of ether oxygens (including phenoxy) is 1. The summed E-state index contributed by atoms with van der Waals surface area (Å²) in [7, 11) is 1.90. The van der Waals surface area contributed by atoms with Crippen LogP contribution in [0.2, 0.25) is 10.0 Å². The molecular weight excluding hydrogens is 549 g/mol. The van der Waals surface area contributed by atoms with Gasteiger partial charge in [-0.1, -0.05) is 34.4 Å². The van der Waals surface area contributed by atoms with Gasteiger partial charge < -0.3 is 23.8 Å². The van der Waals surface area contributed by atoms with Crippen molar-refractivity contribution in [2.45, 2.75) is 57.2 Å². The lowest BCUT2D eigenvalue weighted by atomic mass is 9.62. The van der Waals surface area contributed by atoms with Gasteiger partial charge in [0.2, 0.25) is 0 Å². The third-order valence-electron chi connectivity index (χ3n) is 8.98. The van der Waals surface area contributed by atoms with Crippen LogP contribution in [-0.2, 0) is 18.4 Å². The van der Waals surface area contributed by atoms with E-state index in [9.17, 15) is 9.90 Å². The van der Waals surface area contributed by atoms with E-state index >= 15 is 0 Å². The molecule has 0 atom stereocenters. The molecular formula is C31H31Cl2N3O4. The van der Waals surface area contributed by atoms with Gasteiger partial charge in [0.05, 0.1) is 33.8 Å². The van der Waals surface area contributed by atoms with Crippen LogP contribution in [-0.4, -0.2) is 40.0 Å². The second-order valence-electron chi connectivity index (χ2n) is 11.8. The number of benzene rings is 2. The number of hydrogen-bond acceptors (Lipinski definition) is 5. The zero-order valence-electron chi connectivity index (χ0n) is 22.3. The van der Waals surface area contributed by atoms with Crippen LogP contribution >= 0.6 is 23.2 Å². The molecule has 2 saturated carbocycles. The molecule has 2 aromatic carbocycles. The van der Waals surface area contributed by atoms with Crippen molar-refractivity contribution in [1.82, 2.24) is 9.72 Å². The molecule has 40 heavy (non-hydrogen) atoms. The molecule has 0 bridgehead atoms. The Labute approximate surface area is 242 Å². The summed E-state index contributed by atoms with van der Waals surface area (Å²) in [6.07, 6.45) is 8.45. The first-order valence-electron chi connectivity index (χ1n) is 13.9. The number of aryl methyl sites for hydroxylation is 1. The van der Waals surface area contributed by atoms with Gasteiger partial charge in [-0.2, -0.15) is 0 Å². The average Bonchev–Trinajstić information content (AvgIpc) is 3.60. The van der Waals surface area contributed by atoms with Crippen molar-refractivity contribution in [3.8, 4) is 11.3 Å². The number of nitrogens with zero attached hydrogens (tertiary/aromatic N) is 3. The normalized spacial score (nSPS) is 22.7. The van der Waals surface area contributed by atoms with E-state index in [-0.39, 0.29) is 11.5 Å². The number of aromatic carboxylic acids is 1. The van der Waals surface area contributed by atoms with Crippen molar-refractivity contribution >= 4 is 45.8 Å². The highest BCUT2D eigenvalue weighted by Gasteiger charge is 2.47. The van der Waals surface area contributed by atoms with Crippen LogP contribution in [0.4, 0.5) is 5.69 Å². The van der Waals surface area contributed by atoms with E-state index in [2.05, 4.69) is 22.2 Å². The molecule has 4 aromatic rings. The molecule has 0 radical (unpaired) electrons. The highest BCUT2D eigenvalue weighted by molar-refractivity contribution is 6.39. The zero-order chi connectivity index (χ0) is 27.6. The SMILES string of the molecule is Cn1cc(C(=O)O)c2ccc(N3CCCC4(CC(OCc5c(-c6c(Cl)cccc6Cl)noc5C5CC5)C4)C3)cc21. The Morgan fingerprint density at radius 2 is 1.98 bits per heavy atom. The van der Waals surface area contributed by atoms with Crippen molar-refractivity contribution in [1.29, 1.82) is 0 Å². The molecule has 2 aromatic heterocycles. The summed E-state index contributed by atoms with van der Waals surface area (Å²) in [4.78, 5) is 14.1. The predicted octanol–water partition coefficient (Wildman–Crippen LogP) is 7.68. The minimum absolute atomic E-state index is 0.185. The van der Waals surface area contributed by atoms with Crippen molar-refractivity contribution < 1.29 is 19.2 Å². The number of carbonyl (C=O) groups is 1. The summed E-state index contributed by atoms with van der Waals surface area (Å²) in [5, 5.41) is 15.8. The first-order valence-corrected chi connectivity index (χ1v) is 14.7. The second-order valence-corrected chi connectivity index (χ2v) is 12.6. The number of piperidine rings is 1. The fraction of sp³-hybridized carbons (Fsp3) is 0.419. The van der Waals surface area contributed by atoms with Crippen LogP contribution in [0.1, 0.15) is 66.1 Å². The lowest BCUT2D eigenvalue weighted by molar-refractivity contribution is -0.0931. The number of anilines is 1. The number of carboxylic acids is 1. The minimum atomic E-state index is -0.895. The van der Waals surface area contributed by atoms with E-state index in [1.165, 1.54) is 6.42 Å². The van der Waals surface area contributed by atoms with Crippen molar-refractivity contribution in [3.05, 3.63) is 69.5 Å². The summed E-state index contributed by atoms with van der Waals surface area (Å²) in [6.45, 7) is 2.42. The number of fused-ring (bicyclic) bond motifs is 1. The second kappa shape index (κ2) is 9.82. The van der Waals surface area contributed by atoms with E-state index in [0.717, 1.165) is 73.1 Å². The molecule has 0 unspecified atom stereocenters. The van der Waals surface area contributed by atoms with Crippen molar-refractivity contribution in [2.75, 3.05) is 18.0 Å². The Morgan fingerprint density at radius 3 is 2.70 bits per heavy atom. The Hall–Kier alpha value is -3.00. The third kappa shape index (κ3) is 4.48. The topological polar surface area (TPSA) is 80.7 Å². The Balaban J connectivity index is 1.05. The third-order valence-corrected chi connectivity index (χ3v) is 9.61. The van der Waals surface area contributed by atoms with E-state index in [1.807, 2.05) is 35.9 Å². The standard InChI is InChI=1S/C31H31Cl2N3O4/c1-35-15-22(30(37)38)21-9-8-19(12-26(21)35)36-11-3-10-31(17-36)13-20(14-31)39-16-23-28(34-40-29(23)18-6-7-18)27-24(32)4-2-5-25(27)33/h2,4-5,8-9,12,15,18,20H,3,6-7,10-11,13-14,16-17H2,1H3,(H,37,38). The Morgan fingerprint density at radius 1 is 1.20 bits per heavy atom. The largest absolute Gasteiger partial charge is 0.478 e. The molecule has 7 nitrogen and oxygen atoms in total. The number of carboxylic acid groups (broad SMARTS) is 1. The summed E-state index contributed by atoms with van der Waals surface area (Å²) >= 11 is 13.0. The van der Waals surface area contributed by atoms with E-state index in [1.54, 1.807) is 6.20 Å². The minimum Gasteiger partial charge on any atom is -0.478 e. The van der Waals surface area contributed by atoms with Gasteiger partial charge in [-0.25, -0.2) is 4.79 Å². The summed E-state index contributed by atoms with van der Waals surface area (Å²) < 4.78 is 14.2. The number of aromatic nitrogens is 2. The lowest BCUT2D eigenvalue weighted by Gasteiger charge is -2.53. The Kier molecular flexibility index (Phi) is 6.37. The first-order chi connectivity index (χ1) is 19.3. The van der Waals surface area contributed by atoms with Crippen LogP contribution < -0.4 is 4.90 Å².